The summed E-state index contributed by atoms with van der Waals surface area (Å²) in [6, 6.07) is 14.3. The van der Waals surface area contributed by atoms with Crippen molar-refractivity contribution in [3.8, 4) is 0 Å². The number of carbonyl (C=O) groups excluding carboxylic acids is 3. The van der Waals surface area contributed by atoms with Gasteiger partial charge < -0.3 is 15.0 Å². The first-order valence-corrected chi connectivity index (χ1v) is 11.5. The topological polar surface area (TPSA) is 113 Å². The fourth-order valence-electron chi connectivity index (χ4n) is 2.83. The van der Waals surface area contributed by atoms with E-state index < -0.39 is 41.0 Å². The van der Waals surface area contributed by atoms with Crippen LogP contribution in [0.4, 0.5) is 5.69 Å². The molecule has 0 saturated carbocycles. The van der Waals surface area contributed by atoms with Gasteiger partial charge in [-0.2, -0.15) is 4.31 Å². The van der Waals surface area contributed by atoms with E-state index in [0.29, 0.717) is 18.8 Å². The quantitative estimate of drug-likeness (QED) is 0.539. The Hall–Kier alpha value is -3.24. The van der Waals surface area contributed by atoms with Crippen LogP contribution in [0.5, 0.6) is 0 Å². The molecule has 0 unspecified atom stereocenters. The predicted octanol–water partition coefficient (Wildman–Crippen LogP) is 1.65. The molecule has 0 spiro atoms. The zero-order valence-corrected chi connectivity index (χ0v) is 19.1. The highest BCUT2D eigenvalue weighted by molar-refractivity contribution is 7.89. The monoisotopic (exact) mass is 461 g/mol. The number of hydrogen-bond acceptors (Lipinski definition) is 6. The molecule has 2 amide bonds. The third-order valence-electron chi connectivity index (χ3n) is 4.73. The Bertz CT molecular complexity index is 1040. The largest absolute Gasteiger partial charge is 0.454 e. The number of benzene rings is 2. The van der Waals surface area contributed by atoms with Crippen molar-refractivity contribution in [3.63, 3.8) is 0 Å². The number of sulfonamides is 1. The maximum absolute atomic E-state index is 12.5. The van der Waals surface area contributed by atoms with Gasteiger partial charge in [0.25, 0.3) is 11.8 Å². The zero-order chi connectivity index (χ0) is 23.7. The van der Waals surface area contributed by atoms with E-state index in [0.717, 1.165) is 0 Å². The number of para-hydroxylation sites is 1. The summed E-state index contributed by atoms with van der Waals surface area (Å²) in [5.41, 5.74) is 0.851. The first-order valence-electron chi connectivity index (χ1n) is 10.1. The molecule has 0 aliphatic carbocycles. The number of nitrogens with one attached hydrogen (secondary N) is 1. The molecule has 0 radical (unpaired) electrons. The third-order valence-corrected chi connectivity index (χ3v) is 6.79. The van der Waals surface area contributed by atoms with E-state index in [9.17, 15) is 22.8 Å². The van der Waals surface area contributed by atoms with E-state index in [4.69, 9.17) is 4.74 Å². The molecule has 10 heteroatoms. The first-order chi connectivity index (χ1) is 15.2. The molecule has 0 atom stereocenters. The molecule has 0 heterocycles. The van der Waals surface area contributed by atoms with Crippen molar-refractivity contribution in [2.45, 2.75) is 18.7 Å². The highest BCUT2D eigenvalue weighted by Gasteiger charge is 2.22. The first kappa shape index (κ1) is 25.0. The summed E-state index contributed by atoms with van der Waals surface area (Å²) in [6.07, 6.45) is 0. The lowest BCUT2D eigenvalue weighted by molar-refractivity contribution is -0.146. The normalized spacial score (nSPS) is 11.1. The van der Waals surface area contributed by atoms with Crippen LogP contribution in [0.15, 0.2) is 59.5 Å². The van der Waals surface area contributed by atoms with Crippen LogP contribution in [-0.2, 0) is 24.3 Å². The number of anilines is 1. The maximum Gasteiger partial charge on any atom is 0.325 e. The van der Waals surface area contributed by atoms with Gasteiger partial charge in [0.15, 0.2) is 6.61 Å². The molecule has 2 rings (SSSR count). The summed E-state index contributed by atoms with van der Waals surface area (Å²) >= 11 is 0. The number of ether oxygens (including phenoxy) is 1. The van der Waals surface area contributed by atoms with Crippen molar-refractivity contribution >= 4 is 33.5 Å². The number of amides is 2. The SMILES string of the molecule is CCN(CC)S(=O)(=O)c1ccc(C(=O)NCC(=O)OCC(=O)N(C)c2ccccc2)cc1. The molecule has 0 bridgehead atoms. The molecular weight excluding hydrogens is 434 g/mol. The summed E-state index contributed by atoms with van der Waals surface area (Å²) in [6.45, 7) is 3.28. The Morgan fingerprint density at radius 3 is 2.09 bits per heavy atom. The lowest BCUT2D eigenvalue weighted by Gasteiger charge is -2.18. The van der Waals surface area contributed by atoms with E-state index in [2.05, 4.69) is 5.32 Å². The van der Waals surface area contributed by atoms with E-state index >= 15 is 0 Å². The Morgan fingerprint density at radius 1 is 0.938 bits per heavy atom. The lowest BCUT2D eigenvalue weighted by atomic mass is 10.2. The van der Waals surface area contributed by atoms with Crippen LogP contribution in [-0.4, -0.2) is 63.8 Å². The number of esters is 1. The lowest BCUT2D eigenvalue weighted by Crippen LogP contribution is -2.35. The summed E-state index contributed by atoms with van der Waals surface area (Å²) in [5.74, 6) is -1.75. The molecule has 0 fully saturated rings. The Labute approximate surface area is 188 Å². The van der Waals surface area contributed by atoms with Gasteiger partial charge in [-0.3, -0.25) is 14.4 Å². The molecule has 0 aliphatic heterocycles. The Morgan fingerprint density at radius 2 is 1.53 bits per heavy atom. The van der Waals surface area contributed by atoms with Crippen LogP contribution < -0.4 is 10.2 Å². The number of likely N-dealkylation sites (N-methyl/N-ethyl adjacent to an activating group) is 1. The van der Waals surface area contributed by atoms with Gasteiger partial charge in [-0.25, -0.2) is 8.42 Å². The van der Waals surface area contributed by atoms with E-state index in [1.54, 1.807) is 45.2 Å². The van der Waals surface area contributed by atoms with Gasteiger partial charge in [-0.1, -0.05) is 32.0 Å². The molecular formula is C22H27N3O6S. The van der Waals surface area contributed by atoms with Crippen molar-refractivity contribution in [2.75, 3.05) is 38.2 Å². The average Bonchev–Trinajstić information content (AvgIpc) is 2.81. The van der Waals surface area contributed by atoms with Crippen LogP contribution in [0.25, 0.3) is 0 Å². The van der Waals surface area contributed by atoms with E-state index in [1.165, 1.54) is 33.5 Å². The van der Waals surface area contributed by atoms with Gasteiger partial charge in [0.05, 0.1) is 4.90 Å². The highest BCUT2D eigenvalue weighted by Crippen LogP contribution is 2.16. The number of hydrogen-bond donors (Lipinski definition) is 1. The third kappa shape index (κ3) is 6.38. The molecule has 0 aromatic heterocycles. The summed E-state index contributed by atoms with van der Waals surface area (Å²) in [7, 11) is -2.05. The van der Waals surface area contributed by atoms with E-state index in [-0.39, 0.29) is 10.5 Å². The highest BCUT2D eigenvalue weighted by atomic mass is 32.2. The van der Waals surface area contributed by atoms with E-state index in [1.807, 2.05) is 6.07 Å². The standard InChI is InChI=1S/C22H27N3O6S/c1-4-25(5-2)32(29,30)19-13-11-17(12-14-19)22(28)23-15-21(27)31-16-20(26)24(3)18-9-7-6-8-10-18/h6-14H,4-5,15-16H2,1-3H3,(H,23,28). The summed E-state index contributed by atoms with van der Waals surface area (Å²) in [4.78, 5) is 37.7. The molecule has 1 N–H and O–H groups in total. The molecule has 2 aromatic carbocycles. The fourth-order valence-corrected chi connectivity index (χ4v) is 4.29. The second-order valence-corrected chi connectivity index (χ2v) is 8.68. The van der Waals surface area contributed by atoms with Crippen LogP contribution in [0.2, 0.25) is 0 Å². The van der Waals surface area contributed by atoms with Crippen molar-refractivity contribution < 1.29 is 27.5 Å². The number of carbonyl (C=O) groups is 3. The zero-order valence-electron chi connectivity index (χ0n) is 18.3. The van der Waals surface area contributed by atoms with Gasteiger partial charge in [-0.15, -0.1) is 0 Å². The minimum atomic E-state index is -3.62. The fraction of sp³-hybridized carbons (Fsp3) is 0.318. The van der Waals surface area contributed by atoms with Crippen molar-refractivity contribution in [3.05, 3.63) is 60.2 Å². The van der Waals surface area contributed by atoms with Gasteiger partial charge >= 0.3 is 5.97 Å². The minimum absolute atomic E-state index is 0.0817. The predicted molar refractivity (Wildman–Crippen MR) is 120 cm³/mol. The van der Waals surface area contributed by atoms with Crippen LogP contribution in [0.3, 0.4) is 0 Å². The van der Waals surface area contributed by atoms with Crippen molar-refractivity contribution in [1.82, 2.24) is 9.62 Å². The number of rotatable bonds is 10. The molecule has 32 heavy (non-hydrogen) atoms. The molecule has 0 saturated heterocycles. The van der Waals surface area contributed by atoms with Crippen LogP contribution >= 0.6 is 0 Å². The summed E-state index contributed by atoms with van der Waals surface area (Å²) < 4.78 is 31.2. The smallest absolute Gasteiger partial charge is 0.325 e. The molecule has 0 aliphatic rings. The van der Waals surface area contributed by atoms with Crippen molar-refractivity contribution in [2.24, 2.45) is 0 Å². The van der Waals surface area contributed by atoms with Gasteiger partial charge in [0, 0.05) is 31.4 Å². The number of nitrogens with zero attached hydrogens (tertiary/aromatic N) is 2. The summed E-state index contributed by atoms with van der Waals surface area (Å²) in [5, 5.41) is 2.39. The maximum atomic E-state index is 12.5. The molecule has 9 nitrogen and oxygen atoms in total. The Kier molecular flexibility index (Phi) is 8.91. The van der Waals surface area contributed by atoms with Gasteiger partial charge in [0.2, 0.25) is 10.0 Å². The molecule has 172 valence electrons. The second kappa shape index (κ2) is 11.4. The van der Waals surface area contributed by atoms with Crippen LogP contribution in [0, 0.1) is 0 Å². The van der Waals surface area contributed by atoms with Crippen LogP contribution in [0.1, 0.15) is 24.2 Å². The molecule has 2 aromatic rings. The Balaban J connectivity index is 1.85. The van der Waals surface area contributed by atoms with Gasteiger partial charge in [-0.05, 0) is 36.4 Å². The second-order valence-electron chi connectivity index (χ2n) is 6.75. The van der Waals surface area contributed by atoms with Gasteiger partial charge in [0.1, 0.15) is 6.54 Å². The average molecular weight is 462 g/mol. The van der Waals surface area contributed by atoms with Crippen molar-refractivity contribution in [1.29, 1.82) is 0 Å². The minimum Gasteiger partial charge on any atom is -0.454 e.